The van der Waals surface area contributed by atoms with Crippen LogP contribution in [0.4, 0.5) is 0 Å². The molecule has 2 rings (SSSR count). The van der Waals surface area contributed by atoms with Gasteiger partial charge in [0.05, 0.1) is 5.02 Å². The van der Waals surface area contributed by atoms with Crippen molar-refractivity contribution in [2.45, 2.75) is 9.79 Å². The first kappa shape index (κ1) is 12.7. The third kappa shape index (κ3) is 3.35. The topological polar surface area (TPSA) is 17.1 Å². The number of benzene rings is 2. The van der Waals surface area contributed by atoms with Crippen molar-refractivity contribution in [1.82, 2.24) is 0 Å². The zero-order valence-electron chi connectivity index (χ0n) is 8.69. The molecule has 0 fully saturated rings. The van der Waals surface area contributed by atoms with E-state index in [2.05, 4.69) is 15.9 Å². The predicted octanol–water partition coefficient (Wildman–Crippen LogP) is 5.07. The molecular formula is C13H8BrClOS. The van der Waals surface area contributed by atoms with Crippen molar-refractivity contribution in [2.24, 2.45) is 0 Å². The molecule has 0 bridgehead atoms. The van der Waals surface area contributed by atoms with Crippen LogP contribution in [0.2, 0.25) is 5.02 Å². The molecule has 2 aromatic carbocycles. The van der Waals surface area contributed by atoms with Gasteiger partial charge >= 0.3 is 0 Å². The maximum absolute atomic E-state index is 10.6. The van der Waals surface area contributed by atoms with E-state index in [1.54, 1.807) is 23.9 Å². The first-order valence-electron chi connectivity index (χ1n) is 4.87. The first-order valence-corrected chi connectivity index (χ1v) is 6.86. The van der Waals surface area contributed by atoms with Crippen LogP contribution in [0.15, 0.2) is 56.7 Å². The normalized spacial score (nSPS) is 10.2. The van der Waals surface area contributed by atoms with Gasteiger partial charge in [-0.3, -0.25) is 4.79 Å². The van der Waals surface area contributed by atoms with Gasteiger partial charge in [0.15, 0.2) is 0 Å². The van der Waals surface area contributed by atoms with Gasteiger partial charge in [-0.1, -0.05) is 51.4 Å². The molecular weight excluding hydrogens is 320 g/mol. The summed E-state index contributed by atoms with van der Waals surface area (Å²) < 4.78 is 1.03. The number of hydrogen-bond donors (Lipinski definition) is 0. The van der Waals surface area contributed by atoms with Gasteiger partial charge in [-0.15, -0.1) is 0 Å². The first-order chi connectivity index (χ1) is 8.19. The van der Waals surface area contributed by atoms with Gasteiger partial charge in [-0.25, -0.2) is 0 Å². The zero-order chi connectivity index (χ0) is 12.3. The van der Waals surface area contributed by atoms with Crippen LogP contribution in [0.5, 0.6) is 0 Å². The number of carbonyl (C=O) groups is 1. The summed E-state index contributed by atoms with van der Waals surface area (Å²) >= 11 is 11.1. The smallest absolute Gasteiger partial charge is 0.150 e. The Balaban J connectivity index is 2.27. The molecule has 0 radical (unpaired) electrons. The van der Waals surface area contributed by atoms with Gasteiger partial charge in [0.25, 0.3) is 0 Å². The summed E-state index contributed by atoms with van der Waals surface area (Å²) in [5.74, 6) is 0. The van der Waals surface area contributed by atoms with Crippen LogP contribution < -0.4 is 0 Å². The molecule has 86 valence electrons. The molecule has 0 unspecified atom stereocenters. The van der Waals surface area contributed by atoms with Gasteiger partial charge < -0.3 is 0 Å². The fraction of sp³-hybridized carbons (Fsp3) is 0. The average molecular weight is 328 g/mol. The number of aldehydes is 1. The fourth-order valence-electron chi connectivity index (χ4n) is 1.33. The molecule has 17 heavy (non-hydrogen) atoms. The number of halogens is 2. The van der Waals surface area contributed by atoms with Gasteiger partial charge in [0.1, 0.15) is 6.29 Å². The van der Waals surface area contributed by atoms with Crippen molar-refractivity contribution in [2.75, 3.05) is 0 Å². The summed E-state index contributed by atoms with van der Waals surface area (Å²) in [6.45, 7) is 0. The largest absolute Gasteiger partial charge is 0.298 e. The third-order valence-electron chi connectivity index (χ3n) is 2.12. The highest BCUT2D eigenvalue weighted by atomic mass is 79.9. The predicted molar refractivity (Wildman–Crippen MR) is 75.1 cm³/mol. The molecule has 0 aliphatic carbocycles. The lowest BCUT2D eigenvalue weighted by molar-refractivity contribution is 0.112. The van der Waals surface area contributed by atoms with E-state index >= 15 is 0 Å². The lowest BCUT2D eigenvalue weighted by Gasteiger charge is -2.05. The SMILES string of the molecule is O=Cc1ccc(Sc2cccc(Br)c2)c(Cl)c1. The number of hydrogen-bond acceptors (Lipinski definition) is 2. The average Bonchev–Trinajstić information content (AvgIpc) is 2.32. The quantitative estimate of drug-likeness (QED) is 0.732. The molecule has 1 nitrogen and oxygen atoms in total. The Morgan fingerprint density at radius 2 is 2.00 bits per heavy atom. The molecule has 0 aliphatic rings. The van der Waals surface area contributed by atoms with Crippen molar-refractivity contribution < 1.29 is 4.79 Å². The molecule has 0 N–H and O–H groups in total. The highest BCUT2D eigenvalue weighted by Gasteiger charge is 2.04. The van der Waals surface area contributed by atoms with E-state index in [1.165, 1.54) is 0 Å². The summed E-state index contributed by atoms with van der Waals surface area (Å²) in [5.41, 5.74) is 0.591. The van der Waals surface area contributed by atoms with Gasteiger partial charge in [-0.2, -0.15) is 0 Å². The van der Waals surface area contributed by atoms with Gasteiger partial charge in [0, 0.05) is 19.8 Å². The lowest BCUT2D eigenvalue weighted by Crippen LogP contribution is -1.81. The van der Waals surface area contributed by atoms with Crippen molar-refractivity contribution in [3.05, 3.63) is 57.5 Å². The molecule has 0 spiro atoms. The van der Waals surface area contributed by atoms with E-state index in [0.29, 0.717) is 10.6 Å². The summed E-state index contributed by atoms with van der Waals surface area (Å²) in [5, 5.41) is 0.597. The van der Waals surface area contributed by atoms with E-state index in [0.717, 1.165) is 20.5 Å². The van der Waals surface area contributed by atoms with E-state index in [4.69, 9.17) is 11.6 Å². The van der Waals surface area contributed by atoms with Crippen LogP contribution in [-0.2, 0) is 0 Å². The molecule has 0 saturated carbocycles. The molecule has 0 amide bonds. The van der Waals surface area contributed by atoms with Crippen LogP contribution in [0.1, 0.15) is 10.4 Å². The van der Waals surface area contributed by atoms with Crippen molar-refractivity contribution in [1.29, 1.82) is 0 Å². The Bertz CT molecular complexity index is 557. The Morgan fingerprint density at radius 3 is 2.65 bits per heavy atom. The Morgan fingerprint density at radius 1 is 1.18 bits per heavy atom. The number of rotatable bonds is 3. The van der Waals surface area contributed by atoms with Crippen LogP contribution in [-0.4, -0.2) is 6.29 Å². The maximum atomic E-state index is 10.6. The van der Waals surface area contributed by atoms with E-state index in [9.17, 15) is 4.79 Å². The standard InChI is InChI=1S/C13H8BrClOS/c14-10-2-1-3-11(7-10)17-13-5-4-9(8-16)6-12(13)15/h1-8H. The molecule has 0 saturated heterocycles. The second-order valence-corrected chi connectivity index (χ2v) is 5.81. The van der Waals surface area contributed by atoms with Crippen molar-refractivity contribution in [3.63, 3.8) is 0 Å². The van der Waals surface area contributed by atoms with E-state index < -0.39 is 0 Å². The Labute approximate surface area is 117 Å². The van der Waals surface area contributed by atoms with Crippen molar-refractivity contribution >= 4 is 45.6 Å². The van der Waals surface area contributed by atoms with Crippen molar-refractivity contribution in [3.8, 4) is 0 Å². The molecule has 0 aromatic heterocycles. The summed E-state index contributed by atoms with van der Waals surface area (Å²) in [6, 6.07) is 13.3. The van der Waals surface area contributed by atoms with Crippen LogP contribution in [0.3, 0.4) is 0 Å². The number of carbonyl (C=O) groups excluding carboxylic acids is 1. The van der Waals surface area contributed by atoms with Crippen LogP contribution >= 0.6 is 39.3 Å². The minimum atomic E-state index is 0.591. The second-order valence-electron chi connectivity index (χ2n) is 3.37. The third-order valence-corrected chi connectivity index (χ3v) is 4.10. The second kappa shape index (κ2) is 5.71. The van der Waals surface area contributed by atoms with Crippen LogP contribution in [0.25, 0.3) is 0 Å². The minimum Gasteiger partial charge on any atom is -0.298 e. The molecule has 4 heteroatoms. The van der Waals surface area contributed by atoms with E-state index in [1.807, 2.05) is 30.3 Å². The molecule has 0 atom stereocenters. The summed E-state index contributed by atoms with van der Waals surface area (Å²) in [7, 11) is 0. The van der Waals surface area contributed by atoms with Gasteiger partial charge in [-0.05, 0) is 30.3 Å². The minimum absolute atomic E-state index is 0.591. The van der Waals surface area contributed by atoms with E-state index in [-0.39, 0.29) is 0 Å². The highest BCUT2D eigenvalue weighted by Crippen LogP contribution is 2.34. The fourth-order valence-corrected chi connectivity index (χ4v) is 3.07. The summed E-state index contributed by atoms with van der Waals surface area (Å²) in [4.78, 5) is 12.6. The van der Waals surface area contributed by atoms with Crippen LogP contribution in [0, 0.1) is 0 Å². The lowest BCUT2D eigenvalue weighted by atomic mass is 10.2. The maximum Gasteiger partial charge on any atom is 0.150 e. The molecule has 0 aliphatic heterocycles. The monoisotopic (exact) mass is 326 g/mol. The molecule has 2 aromatic rings. The van der Waals surface area contributed by atoms with Gasteiger partial charge in [0.2, 0.25) is 0 Å². The Hall–Kier alpha value is -0.770. The summed E-state index contributed by atoms with van der Waals surface area (Å²) in [6.07, 6.45) is 0.791. The molecule has 0 heterocycles. The Kier molecular flexibility index (Phi) is 4.26. The zero-order valence-corrected chi connectivity index (χ0v) is 11.8. The highest BCUT2D eigenvalue weighted by molar-refractivity contribution is 9.10.